The second-order valence-electron chi connectivity index (χ2n) is 5.17. The van der Waals surface area contributed by atoms with Gasteiger partial charge in [-0.25, -0.2) is 0 Å². The molecule has 1 aliphatic heterocycles. The van der Waals surface area contributed by atoms with E-state index in [0.717, 1.165) is 12.1 Å². The molecule has 1 N–H and O–H groups in total. The van der Waals surface area contributed by atoms with E-state index in [0.29, 0.717) is 23.9 Å². The lowest BCUT2D eigenvalue weighted by Crippen LogP contribution is -2.49. The van der Waals surface area contributed by atoms with E-state index < -0.39 is 11.7 Å². The van der Waals surface area contributed by atoms with Crippen LogP contribution in [0.3, 0.4) is 0 Å². The van der Waals surface area contributed by atoms with Crippen molar-refractivity contribution in [2.45, 2.75) is 32.2 Å². The molecule has 3 nitrogen and oxygen atoms in total. The van der Waals surface area contributed by atoms with Gasteiger partial charge in [0.1, 0.15) is 0 Å². The second-order valence-corrected chi connectivity index (χ2v) is 5.56. The van der Waals surface area contributed by atoms with Gasteiger partial charge in [0, 0.05) is 18.8 Å². The number of rotatable bonds is 1. The standard InChI is InChI=1S/C14H17F3N2OS/c1-9-7-19(8-10(2)20-9)13(21)18-12-5-3-4-11(6-12)14(15,16)17/h3-6,9-10H,7-8H2,1-2H3,(H,18,21)/t9-,10-/m0/s1. The molecule has 0 unspecified atom stereocenters. The Hall–Kier alpha value is -1.34. The highest BCUT2D eigenvalue weighted by Gasteiger charge is 2.30. The van der Waals surface area contributed by atoms with E-state index >= 15 is 0 Å². The number of alkyl halides is 3. The maximum atomic E-state index is 12.7. The highest BCUT2D eigenvalue weighted by Crippen LogP contribution is 2.30. The van der Waals surface area contributed by atoms with Crippen molar-refractivity contribution in [1.29, 1.82) is 0 Å². The van der Waals surface area contributed by atoms with E-state index in [1.165, 1.54) is 6.07 Å². The molecule has 7 heteroatoms. The smallest absolute Gasteiger partial charge is 0.372 e. The number of morpholine rings is 1. The zero-order valence-electron chi connectivity index (χ0n) is 11.8. The number of thiocarbonyl (C=S) groups is 1. The molecule has 0 amide bonds. The summed E-state index contributed by atoms with van der Waals surface area (Å²) in [7, 11) is 0. The summed E-state index contributed by atoms with van der Waals surface area (Å²) in [5, 5.41) is 3.28. The fraction of sp³-hybridized carbons (Fsp3) is 0.500. The molecule has 0 spiro atoms. The van der Waals surface area contributed by atoms with E-state index in [2.05, 4.69) is 5.32 Å². The van der Waals surface area contributed by atoms with Crippen LogP contribution in [-0.4, -0.2) is 35.3 Å². The minimum absolute atomic E-state index is 0.0370. The first-order valence-corrected chi connectivity index (χ1v) is 7.05. The summed E-state index contributed by atoms with van der Waals surface area (Å²) in [4.78, 5) is 1.91. The largest absolute Gasteiger partial charge is 0.416 e. The number of nitrogens with zero attached hydrogens (tertiary/aromatic N) is 1. The fourth-order valence-corrected chi connectivity index (χ4v) is 2.59. The molecular weight excluding hydrogens is 301 g/mol. The molecular formula is C14H17F3N2OS. The van der Waals surface area contributed by atoms with Gasteiger partial charge >= 0.3 is 6.18 Å². The first-order valence-electron chi connectivity index (χ1n) is 6.64. The Kier molecular flexibility index (Phi) is 4.73. The number of ether oxygens (including phenoxy) is 1. The number of hydrogen-bond acceptors (Lipinski definition) is 2. The van der Waals surface area contributed by atoms with Gasteiger partial charge < -0.3 is 15.0 Å². The topological polar surface area (TPSA) is 24.5 Å². The third-order valence-electron chi connectivity index (χ3n) is 3.15. The van der Waals surface area contributed by atoms with Gasteiger partial charge in [-0.15, -0.1) is 0 Å². The fourth-order valence-electron chi connectivity index (χ4n) is 2.32. The Labute approximate surface area is 127 Å². The molecule has 0 bridgehead atoms. The van der Waals surface area contributed by atoms with Crippen molar-refractivity contribution in [3.63, 3.8) is 0 Å². The lowest BCUT2D eigenvalue weighted by Gasteiger charge is -2.36. The molecule has 1 saturated heterocycles. The third kappa shape index (κ3) is 4.31. The maximum Gasteiger partial charge on any atom is 0.416 e. The van der Waals surface area contributed by atoms with Crippen molar-refractivity contribution in [1.82, 2.24) is 4.90 Å². The Morgan fingerprint density at radius 2 is 1.90 bits per heavy atom. The van der Waals surface area contributed by atoms with Crippen LogP contribution in [0.1, 0.15) is 19.4 Å². The van der Waals surface area contributed by atoms with Crippen LogP contribution in [0.4, 0.5) is 18.9 Å². The number of hydrogen-bond donors (Lipinski definition) is 1. The van der Waals surface area contributed by atoms with Crippen molar-refractivity contribution < 1.29 is 17.9 Å². The number of nitrogens with one attached hydrogen (secondary N) is 1. The van der Waals surface area contributed by atoms with E-state index in [9.17, 15) is 13.2 Å². The Bertz CT molecular complexity index is 511. The Morgan fingerprint density at radius 1 is 1.29 bits per heavy atom. The van der Waals surface area contributed by atoms with Gasteiger partial charge in [-0.3, -0.25) is 0 Å². The van der Waals surface area contributed by atoms with Crippen molar-refractivity contribution in [2.75, 3.05) is 18.4 Å². The van der Waals surface area contributed by atoms with Gasteiger partial charge in [-0.2, -0.15) is 13.2 Å². The van der Waals surface area contributed by atoms with Gasteiger partial charge in [-0.05, 0) is 44.3 Å². The van der Waals surface area contributed by atoms with Gasteiger partial charge in [0.25, 0.3) is 0 Å². The summed E-state index contributed by atoms with van der Waals surface area (Å²) in [5.74, 6) is 0. The maximum absolute atomic E-state index is 12.7. The predicted octanol–water partition coefficient (Wildman–Crippen LogP) is 3.51. The average molecular weight is 318 g/mol. The molecule has 0 saturated carbocycles. The van der Waals surface area contributed by atoms with Crippen LogP contribution < -0.4 is 5.32 Å². The van der Waals surface area contributed by atoms with Gasteiger partial charge in [0.2, 0.25) is 0 Å². The molecule has 1 heterocycles. The van der Waals surface area contributed by atoms with Crippen LogP contribution in [-0.2, 0) is 10.9 Å². The molecule has 2 atom stereocenters. The van der Waals surface area contributed by atoms with E-state index in [-0.39, 0.29) is 12.2 Å². The molecule has 2 rings (SSSR count). The van der Waals surface area contributed by atoms with Gasteiger partial charge in [0.15, 0.2) is 5.11 Å². The molecule has 0 radical (unpaired) electrons. The van der Waals surface area contributed by atoms with E-state index in [4.69, 9.17) is 17.0 Å². The molecule has 1 aromatic rings. The summed E-state index contributed by atoms with van der Waals surface area (Å²) in [6.45, 7) is 5.12. The molecule has 116 valence electrons. The van der Waals surface area contributed by atoms with Crippen LogP contribution in [0, 0.1) is 0 Å². The van der Waals surface area contributed by atoms with Gasteiger partial charge in [-0.1, -0.05) is 6.07 Å². The number of halogens is 3. The monoisotopic (exact) mass is 318 g/mol. The minimum Gasteiger partial charge on any atom is -0.372 e. The van der Waals surface area contributed by atoms with Gasteiger partial charge in [0.05, 0.1) is 17.8 Å². The summed E-state index contributed by atoms with van der Waals surface area (Å²) >= 11 is 5.28. The molecule has 1 aliphatic rings. The highest BCUT2D eigenvalue weighted by molar-refractivity contribution is 7.80. The highest BCUT2D eigenvalue weighted by atomic mass is 32.1. The summed E-state index contributed by atoms with van der Waals surface area (Å²) < 4.78 is 43.6. The lowest BCUT2D eigenvalue weighted by atomic mass is 10.2. The second kappa shape index (κ2) is 6.19. The zero-order chi connectivity index (χ0) is 15.6. The SMILES string of the molecule is C[C@H]1CN(C(=S)Nc2cccc(C(F)(F)F)c2)C[C@H](C)O1. The quantitative estimate of drug-likeness (QED) is 0.801. The van der Waals surface area contributed by atoms with Crippen molar-refractivity contribution in [3.8, 4) is 0 Å². The summed E-state index contributed by atoms with van der Waals surface area (Å²) in [6.07, 6.45) is -4.29. The van der Waals surface area contributed by atoms with Crippen molar-refractivity contribution in [3.05, 3.63) is 29.8 Å². The summed E-state index contributed by atoms with van der Waals surface area (Å²) in [6, 6.07) is 5.01. The van der Waals surface area contributed by atoms with Crippen LogP contribution in [0.5, 0.6) is 0 Å². The Morgan fingerprint density at radius 3 is 2.48 bits per heavy atom. The third-order valence-corrected chi connectivity index (χ3v) is 3.51. The summed E-state index contributed by atoms with van der Waals surface area (Å²) in [5.41, 5.74) is -0.361. The Balaban J connectivity index is 2.06. The van der Waals surface area contributed by atoms with Crippen LogP contribution in [0.25, 0.3) is 0 Å². The molecule has 1 aromatic carbocycles. The van der Waals surface area contributed by atoms with E-state index in [1.54, 1.807) is 6.07 Å². The molecule has 0 aliphatic carbocycles. The molecule has 1 fully saturated rings. The molecule has 0 aromatic heterocycles. The predicted molar refractivity (Wildman–Crippen MR) is 79.2 cm³/mol. The van der Waals surface area contributed by atoms with Crippen LogP contribution in [0.15, 0.2) is 24.3 Å². The van der Waals surface area contributed by atoms with Crippen molar-refractivity contribution >= 4 is 23.0 Å². The first-order chi connectivity index (χ1) is 9.75. The van der Waals surface area contributed by atoms with Crippen LogP contribution in [0.2, 0.25) is 0 Å². The molecule has 21 heavy (non-hydrogen) atoms. The van der Waals surface area contributed by atoms with Crippen molar-refractivity contribution in [2.24, 2.45) is 0 Å². The van der Waals surface area contributed by atoms with Crippen LogP contribution >= 0.6 is 12.2 Å². The number of anilines is 1. The first kappa shape index (κ1) is 16.0. The lowest BCUT2D eigenvalue weighted by molar-refractivity contribution is -0.137. The van der Waals surface area contributed by atoms with E-state index in [1.807, 2.05) is 18.7 Å². The minimum atomic E-state index is -4.36. The average Bonchev–Trinajstić information content (AvgIpc) is 2.37. The number of benzene rings is 1. The normalized spacial score (nSPS) is 23.0. The zero-order valence-corrected chi connectivity index (χ0v) is 12.6.